The predicted molar refractivity (Wildman–Crippen MR) is 74.1 cm³/mol. The molecule has 98 valence electrons. The minimum Gasteiger partial charge on any atom is -0.409 e. The van der Waals surface area contributed by atoms with E-state index in [4.69, 9.17) is 22.5 Å². The Hall–Kier alpha value is -1.27. The number of nitrogens with one attached hydrogen (secondary N) is 1. The normalized spacial score (nSPS) is 13.2. The van der Waals surface area contributed by atoms with Crippen molar-refractivity contribution < 1.29 is 10.0 Å². The summed E-state index contributed by atoms with van der Waals surface area (Å²) in [6, 6.07) is 4.51. The van der Waals surface area contributed by atoms with Crippen molar-refractivity contribution in [1.82, 2.24) is 5.32 Å². The van der Waals surface area contributed by atoms with Gasteiger partial charge in [-0.2, -0.15) is 0 Å². The summed E-state index contributed by atoms with van der Waals surface area (Å²) < 4.78 is 0.633. The Morgan fingerprint density at radius 3 is 2.89 bits per heavy atom. The maximum absolute atomic E-state index is 12.0. The van der Waals surface area contributed by atoms with Crippen LogP contribution in [0, 0.1) is 0 Å². The molecule has 1 unspecified atom stereocenters. The predicted octanol–water partition coefficient (Wildman–Crippen LogP) is 2.36. The fourth-order valence-corrected chi connectivity index (χ4v) is 1.95. The molecule has 0 heterocycles. The van der Waals surface area contributed by atoms with E-state index in [-0.39, 0.29) is 11.7 Å². The second kappa shape index (κ2) is 6.61. The van der Waals surface area contributed by atoms with Crippen molar-refractivity contribution in [3.8, 4) is 0 Å². The highest BCUT2D eigenvalue weighted by Gasteiger charge is 2.18. The largest absolute Gasteiger partial charge is 0.409 e. The highest BCUT2D eigenvalue weighted by atomic mass is 79.9. The molecule has 18 heavy (non-hydrogen) atoms. The van der Waals surface area contributed by atoms with E-state index in [0.717, 1.165) is 0 Å². The van der Waals surface area contributed by atoms with Crippen LogP contribution in [0.2, 0.25) is 5.02 Å². The molecule has 1 amide bonds. The van der Waals surface area contributed by atoms with Crippen molar-refractivity contribution in [1.29, 1.82) is 0 Å². The van der Waals surface area contributed by atoms with E-state index in [1.54, 1.807) is 18.2 Å². The molecule has 0 radical (unpaired) electrons. The van der Waals surface area contributed by atoms with Crippen molar-refractivity contribution in [2.75, 3.05) is 0 Å². The van der Waals surface area contributed by atoms with Crippen LogP contribution in [0.3, 0.4) is 0 Å². The van der Waals surface area contributed by atoms with Gasteiger partial charge in [-0.1, -0.05) is 29.7 Å². The van der Waals surface area contributed by atoms with Crippen LogP contribution in [0.15, 0.2) is 27.8 Å². The number of nitrogens with two attached hydrogens (primary N) is 1. The molecule has 0 aliphatic heterocycles. The standard InChI is InChI=1S/C11H13BrClN3O2/c1-2-8(10(14)16-18)15-11(17)6-4-3-5-7(12)9(6)13/h3-5,8,18H,2H2,1H3,(H2,14,16)(H,15,17). The third-order valence-electron chi connectivity index (χ3n) is 2.38. The van der Waals surface area contributed by atoms with Gasteiger partial charge in [0.1, 0.15) is 0 Å². The van der Waals surface area contributed by atoms with E-state index in [0.29, 0.717) is 21.5 Å². The van der Waals surface area contributed by atoms with E-state index < -0.39 is 6.04 Å². The fraction of sp³-hybridized carbons (Fsp3) is 0.273. The van der Waals surface area contributed by atoms with Gasteiger partial charge in [0.2, 0.25) is 0 Å². The number of amides is 1. The van der Waals surface area contributed by atoms with Gasteiger partial charge in [0.15, 0.2) is 5.84 Å². The summed E-state index contributed by atoms with van der Waals surface area (Å²) in [4.78, 5) is 12.0. The summed E-state index contributed by atoms with van der Waals surface area (Å²) in [6.07, 6.45) is 0.507. The molecule has 0 fully saturated rings. The molecule has 0 aromatic heterocycles. The Balaban J connectivity index is 2.91. The molecular weight excluding hydrogens is 321 g/mol. The molecule has 1 aromatic carbocycles. The third kappa shape index (κ3) is 3.36. The molecule has 0 aliphatic rings. The maximum atomic E-state index is 12.0. The number of hydrogen-bond donors (Lipinski definition) is 3. The molecule has 1 atom stereocenters. The fourth-order valence-electron chi connectivity index (χ4n) is 1.37. The molecule has 1 aromatic rings. The van der Waals surface area contributed by atoms with Crippen LogP contribution in [0.5, 0.6) is 0 Å². The van der Waals surface area contributed by atoms with Gasteiger partial charge in [0.25, 0.3) is 5.91 Å². The first-order valence-corrected chi connectivity index (χ1v) is 6.40. The lowest BCUT2D eigenvalue weighted by Crippen LogP contribution is -2.44. The first-order valence-electron chi connectivity index (χ1n) is 5.23. The van der Waals surface area contributed by atoms with Crippen LogP contribution in [0.1, 0.15) is 23.7 Å². The van der Waals surface area contributed by atoms with Crippen LogP contribution >= 0.6 is 27.5 Å². The number of nitrogens with zero attached hydrogens (tertiary/aromatic N) is 1. The van der Waals surface area contributed by atoms with E-state index in [1.165, 1.54) is 0 Å². The molecule has 0 spiro atoms. The molecule has 1 rings (SSSR count). The smallest absolute Gasteiger partial charge is 0.253 e. The Morgan fingerprint density at radius 2 is 2.33 bits per heavy atom. The monoisotopic (exact) mass is 333 g/mol. The van der Waals surface area contributed by atoms with Crippen molar-refractivity contribution >= 4 is 39.3 Å². The Labute approximate surface area is 118 Å². The van der Waals surface area contributed by atoms with E-state index in [9.17, 15) is 4.79 Å². The zero-order chi connectivity index (χ0) is 13.7. The van der Waals surface area contributed by atoms with Gasteiger partial charge >= 0.3 is 0 Å². The number of hydrogen-bond acceptors (Lipinski definition) is 3. The maximum Gasteiger partial charge on any atom is 0.253 e. The van der Waals surface area contributed by atoms with Gasteiger partial charge < -0.3 is 16.3 Å². The van der Waals surface area contributed by atoms with Gasteiger partial charge in [0, 0.05) is 4.47 Å². The number of carbonyl (C=O) groups excluding carboxylic acids is 1. The van der Waals surface area contributed by atoms with Crippen LogP contribution in [0.25, 0.3) is 0 Å². The van der Waals surface area contributed by atoms with Crippen molar-refractivity contribution in [3.05, 3.63) is 33.3 Å². The van der Waals surface area contributed by atoms with Gasteiger partial charge in [-0.25, -0.2) is 0 Å². The molecule has 7 heteroatoms. The number of halogens is 2. The first-order chi connectivity index (χ1) is 8.51. The summed E-state index contributed by atoms with van der Waals surface area (Å²) in [5.41, 5.74) is 5.79. The zero-order valence-corrected chi connectivity index (χ0v) is 12.0. The second-order valence-electron chi connectivity index (χ2n) is 3.56. The van der Waals surface area contributed by atoms with Crippen molar-refractivity contribution in [2.24, 2.45) is 10.9 Å². The van der Waals surface area contributed by atoms with Crippen LogP contribution in [-0.2, 0) is 0 Å². The van der Waals surface area contributed by atoms with E-state index in [1.807, 2.05) is 6.92 Å². The molecule has 5 nitrogen and oxygen atoms in total. The summed E-state index contributed by atoms with van der Waals surface area (Å²) in [6.45, 7) is 1.81. The Kier molecular flexibility index (Phi) is 5.43. The average molecular weight is 335 g/mol. The number of amidine groups is 1. The van der Waals surface area contributed by atoms with E-state index >= 15 is 0 Å². The van der Waals surface area contributed by atoms with Crippen LogP contribution < -0.4 is 11.1 Å². The van der Waals surface area contributed by atoms with Crippen molar-refractivity contribution in [2.45, 2.75) is 19.4 Å². The molecule has 0 saturated carbocycles. The summed E-state index contributed by atoms with van der Waals surface area (Å²) in [5.74, 6) is -0.420. The summed E-state index contributed by atoms with van der Waals surface area (Å²) in [7, 11) is 0. The van der Waals surface area contributed by atoms with Gasteiger partial charge in [0.05, 0.1) is 16.6 Å². The van der Waals surface area contributed by atoms with Crippen LogP contribution in [0.4, 0.5) is 0 Å². The number of oxime groups is 1. The lowest BCUT2D eigenvalue weighted by molar-refractivity contribution is 0.0945. The average Bonchev–Trinajstić information content (AvgIpc) is 2.37. The molecule has 0 aliphatic carbocycles. The van der Waals surface area contributed by atoms with Gasteiger partial charge in [-0.05, 0) is 34.5 Å². The molecule has 4 N–H and O–H groups in total. The topological polar surface area (TPSA) is 87.7 Å². The zero-order valence-electron chi connectivity index (χ0n) is 9.65. The lowest BCUT2D eigenvalue weighted by atomic mass is 10.1. The molecule has 0 saturated heterocycles. The SMILES string of the molecule is CCC(NC(=O)c1cccc(Br)c1Cl)/C(N)=N/O. The van der Waals surface area contributed by atoms with E-state index in [2.05, 4.69) is 26.4 Å². The summed E-state index contributed by atoms with van der Waals surface area (Å²) in [5, 5.41) is 14.4. The highest BCUT2D eigenvalue weighted by Crippen LogP contribution is 2.25. The Morgan fingerprint density at radius 1 is 1.67 bits per heavy atom. The minimum atomic E-state index is -0.530. The quantitative estimate of drug-likeness (QED) is 0.342. The van der Waals surface area contributed by atoms with Gasteiger partial charge in [-0.3, -0.25) is 4.79 Å². The molecule has 0 bridgehead atoms. The van der Waals surface area contributed by atoms with Crippen molar-refractivity contribution in [3.63, 3.8) is 0 Å². The van der Waals surface area contributed by atoms with Crippen LogP contribution in [-0.4, -0.2) is 23.0 Å². The lowest BCUT2D eigenvalue weighted by Gasteiger charge is -2.16. The van der Waals surface area contributed by atoms with Gasteiger partial charge in [-0.15, -0.1) is 0 Å². The molecular formula is C11H13BrClN3O2. The third-order valence-corrected chi connectivity index (χ3v) is 3.68. The number of rotatable bonds is 4. The highest BCUT2D eigenvalue weighted by molar-refractivity contribution is 9.10. The Bertz CT molecular complexity index is 479. The summed E-state index contributed by atoms with van der Waals surface area (Å²) >= 11 is 9.25. The number of carbonyl (C=O) groups is 1. The number of benzene rings is 1. The minimum absolute atomic E-state index is 0.0445. The first kappa shape index (κ1) is 14.8. The second-order valence-corrected chi connectivity index (χ2v) is 4.79.